The lowest BCUT2D eigenvalue weighted by Gasteiger charge is -2.03. The van der Waals surface area contributed by atoms with Crippen molar-refractivity contribution in [3.05, 3.63) is 45.6 Å². The van der Waals surface area contributed by atoms with E-state index in [1.807, 2.05) is 6.07 Å². The molecule has 0 radical (unpaired) electrons. The van der Waals surface area contributed by atoms with Crippen LogP contribution in [0.2, 0.25) is 0 Å². The van der Waals surface area contributed by atoms with Crippen molar-refractivity contribution >= 4 is 28.6 Å². The fraction of sp³-hybridized carbons (Fsp3) is 0.100. The minimum absolute atomic E-state index is 0.361. The lowest BCUT2D eigenvalue weighted by Crippen LogP contribution is -2.01. The van der Waals surface area contributed by atoms with E-state index in [1.54, 1.807) is 18.2 Å². The molecule has 0 unspecified atom stereocenters. The van der Waals surface area contributed by atoms with Gasteiger partial charge < -0.3 is 5.11 Å². The molecule has 3 heteroatoms. The van der Waals surface area contributed by atoms with Crippen LogP contribution in [0.3, 0.4) is 0 Å². The molecule has 1 aromatic rings. The van der Waals surface area contributed by atoms with Gasteiger partial charge in [0, 0.05) is 3.57 Å². The molecule has 0 aliphatic carbocycles. The molecule has 0 heterocycles. The standard InChI is InChI=1S/C10H9IO2/c1-2-3-7-6-8(11)4-5-9(7)10(12)13/h2,4-6H,1,3H2,(H,12,13). The largest absolute Gasteiger partial charge is 0.478 e. The second kappa shape index (κ2) is 4.41. The van der Waals surface area contributed by atoms with Gasteiger partial charge in [0.2, 0.25) is 0 Å². The molecule has 0 fully saturated rings. The fourth-order valence-electron chi connectivity index (χ4n) is 1.10. The van der Waals surface area contributed by atoms with Gasteiger partial charge in [-0.1, -0.05) is 6.08 Å². The maximum Gasteiger partial charge on any atom is 0.335 e. The lowest BCUT2D eigenvalue weighted by atomic mass is 10.1. The third-order valence-corrected chi connectivity index (χ3v) is 2.33. The molecule has 0 atom stereocenters. The van der Waals surface area contributed by atoms with Crippen LogP contribution in [-0.4, -0.2) is 11.1 Å². The van der Waals surface area contributed by atoms with Crippen molar-refractivity contribution in [1.82, 2.24) is 0 Å². The summed E-state index contributed by atoms with van der Waals surface area (Å²) in [5.41, 5.74) is 1.18. The average Bonchev–Trinajstić information content (AvgIpc) is 2.04. The van der Waals surface area contributed by atoms with Gasteiger partial charge in [-0.05, 0) is 52.8 Å². The average molecular weight is 288 g/mol. The highest BCUT2D eigenvalue weighted by molar-refractivity contribution is 14.1. The first kappa shape index (κ1) is 10.2. The molecule has 1 N–H and O–H groups in total. The SMILES string of the molecule is C=CCc1cc(I)ccc1C(=O)O. The Balaban J connectivity index is 3.17. The maximum atomic E-state index is 10.8. The van der Waals surface area contributed by atoms with Crippen molar-refractivity contribution < 1.29 is 9.90 Å². The molecule has 1 aromatic carbocycles. The van der Waals surface area contributed by atoms with Crippen LogP contribution in [0.4, 0.5) is 0 Å². The van der Waals surface area contributed by atoms with Gasteiger partial charge in [0.25, 0.3) is 0 Å². The summed E-state index contributed by atoms with van der Waals surface area (Å²) in [7, 11) is 0. The second-order valence-corrected chi connectivity index (χ2v) is 3.85. The number of benzene rings is 1. The van der Waals surface area contributed by atoms with Crippen molar-refractivity contribution in [3.8, 4) is 0 Å². The molecule has 0 spiro atoms. The molecule has 0 bridgehead atoms. The number of rotatable bonds is 3. The van der Waals surface area contributed by atoms with Crippen LogP contribution in [0.5, 0.6) is 0 Å². The Labute approximate surface area is 90.4 Å². The van der Waals surface area contributed by atoms with E-state index in [-0.39, 0.29) is 0 Å². The number of allylic oxidation sites excluding steroid dienone is 1. The summed E-state index contributed by atoms with van der Waals surface area (Å²) >= 11 is 2.16. The van der Waals surface area contributed by atoms with Crippen molar-refractivity contribution in [2.75, 3.05) is 0 Å². The molecule has 1 rings (SSSR count). The Morgan fingerprint density at radius 2 is 2.31 bits per heavy atom. The minimum Gasteiger partial charge on any atom is -0.478 e. The number of aromatic carboxylic acids is 1. The van der Waals surface area contributed by atoms with E-state index >= 15 is 0 Å². The molecule has 0 aliphatic rings. The zero-order valence-corrected chi connectivity index (χ0v) is 9.11. The Bertz CT molecular complexity index is 345. The van der Waals surface area contributed by atoms with E-state index in [0.29, 0.717) is 12.0 Å². The molecular weight excluding hydrogens is 279 g/mol. The van der Waals surface area contributed by atoms with Crippen molar-refractivity contribution in [2.45, 2.75) is 6.42 Å². The van der Waals surface area contributed by atoms with Crippen LogP contribution < -0.4 is 0 Å². The van der Waals surface area contributed by atoms with E-state index in [2.05, 4.69) is 29.2 Å². The smallest absolute Gasteiger partial charge is 0.335 e. The summed E-state index contributed by atoms with van der Waals surface area (Å²) in [6, 6.07) is 5.28. The molecule has 0 saturated heterocycles. The summed E-state index contributed by atoms with van der Waals surface area (Å²) in [6.07, 6.45) is 2.30. The number of carboxylic acids is 1. The topological polar surface area (TPSA) is 37.3 Å². The molecule has 0 aromatic heterocycles. The normalized spacial score (nSPS) is 9.62. The summed E-state index contributed by atoms with van der Waals surface area (Å²) in [5.74, 6) is -0.881. The summed E-state index contributed by atoms with van der Waals surface area (Å²) in [6.45, 7) is 3.59. The number of carbonyl (C=O) groups is 1. The Kier molecular flexibility index (Phi) is 3.48. The summed E-state index contributed by atoms with van der Waals surface area (Å²) in [4.78, 5) is 10.8. The van der Waals surface area contributed by atoms with Gasteiger partial charge in [0.1, 0.15) is 0 Å². The highest BCUT2D eigenvalue weighted by Gasteiger charge is 2.08. The molecule has 13 heavy (non-hydrogen) atoms. The molecule has 68 valence electrons. The number of hydrogen-bond acceptors (Lipinski definition) is 1. The van der Waals surface area contributed by atoms with Crippen molar-refractivity contribution in [3.63, 3.8) is 0 Å². The first-order chi connectivity index (χ1) is 6.15. The number of carboxylic acid groups (broad SMARTS) is 1. The van der Waals surface area contributed by atoms with Gasteiger partial charge in [-0.2, -0.15) is 0 Å². The van der Waals surface area contributed by atoms with Crippen LogP contribution in [0.15, 0.2) is 30.9 Å². The third kappa shape index (κ3) is 2.55. The predicted molar refractivity (Wildman–Crippen MR) is 60.0 cm³/mol. The van der Waals surface area contributed by atoms with Crippen molar-refractivity contribution in [1.29, 1.82) is 0 Å². The van der Waals surface area contributed by atoms with Gasteiger partial charge in [0.05, 0.1) is 5.56 Å². The predicted octanol–water partition coefficient (Wildman–Crippen LogP) is 2.72. The highest BCUT2D eigenvalue weighted by Crippen LogP contribution is 2.14. The quantitative estimate of drug-likeness (QED) is 0.686. The number of hydrogen-bond donors (Lipinski definition) is 1. The first-order valence-electron chi connectivity index (χ1n) is 3.77. The Hall–Kier alpha value is -0.840. The third-order valence-electron chi connectivity index (χ3n) is 1.66. The van der Waals surface area contributed by atoms with Crippen molar-refractivity contribution in [2.24, 2.45) is 0 Å². The fourth-order valence-corrected chi connectivity index (χ4v) is 1.65. The lowest BCUT2D eigenvalue weighted by molar-refractivity contribution is 0.0696. The van der Waals surface area contributed by atoms with Gasteiger partial charge >= 0.3 is 5.97 Å². The summed E-state index contributed by atoms with van der Waals surface area (Å²) in [5, 5.41) is 8.85. The Morgan fingerprint density at radius 3 is 2.85 bits per heavy atom. The van der Waals surface area contributed by atoms with E-state index < -0.39 is 5.97 Å². The first-order valence-corrected chi connectivity index (χ1v) is 4.85. The van der Waals surface area contributed by atoms with E-state index in [0.717, 1.165) is 9.13 Å². The molecule has 0 amide bonds. The minimum atomic E-state index is -0.881. The molecule has 0 aliphatic heterocycles. The van der Waals surface area contributed by atoms with Gasteiger partial charge in [-0.15, -0.1) is 6.58 Å². The van der Waals surface area contributed by atoms with Gasteiger partial charge in [-0.3, -0.25) is 0 Å². The van der Waals surface area contributed by atoms with Crippen LogP contribution >= 0.6 is 22.6 Å². The zero-order valence-electron chi connectivity index (χ0n) is 6.96. The van der Waals surface area contributed by atoms with E-state index in [9.17, 15) is 4.79 Å². The van der Waals surface area contributed by atoms with E-state index in [4.69, 9.17) is 5.11 Å². The molecule has 2 nitrogen and oxygen atoms in total. The van der Waals surface area contributed by atoms with Crippen LogP contribution in [0.25, 0.3) is 0 Å². The van der Waals surface area contributed by atoms with Gasteiger partial charge in [0.15, 0.2) is 0 Å². The van der Waals surface area contributed by atoms with Crippen LogP contribution in [0.1, 0.15) is 15.9 Å². The summed E-state index contributed by atoms with van der Waals surface area (Å²) < 4.78 is 1.04. The monoisotopic (exact) mass is 288 g/mol. The molecule has 0 saturated carbocycles. The Morgan fingerprint density at radius 1 is 1.62 bits per heavy atom. The van der Waals surface area contributed by atoms with E-state index in [1.165, 1.54) is 0 Å². The van der Waals surface area contributed by atoms with Gasteiger partial charge in [-0.25, -0.2) is 4.79 Å². The van der Waals surface area contributed by atoms with Crippen LogP contribution in [-0.2, 0) is 6.42 Å². The zero-order chi connectivity index (χ0) is 9.84. The maximum absolute atomic E-state index is 10.8. The van der Waals surface area contributed by atoms with Crippen LogP contribution in [0, 0.1) is 3.57 Å². The highest BCUT2D eigenvalue weighted by atomic mass is 127. The number of halogens is 1. The molecular formula is C10H9IO2. The second-order valence-electron chi connectivity index (χ2n) is 2.60.